The molecule has 618 valence electrons. The van der Waals surface area contributed by atoms with Crippen LogP contribution < -0.4 is 0 Å². The highest BCUT2D eigenvalue weighted by Gasteiger charge is 2.66. The summed E-state index contributed by atoms with van der Waals surface area (Å²) in [5.74, 6) is -8.54. The molecule has 5 aliphatic carbocycles. The van der Waals surface area contributed by atoms with Gasteiger partial charge in [0.2, 0.25) is 5.92 Å². The minimum atomic E-state index is -5.24. The second-order valence-corrected chi connectivity index (χ2v) is 34.4. The molecule has 0 radical (unpaired) electrons. The third kappa shape index (κ3) is 42.7. The maximum atomic E-state index is 12.7. The zero-order valence-electron chi connectivity index (χ0n) is 71.1. The average Bonchev–Trinajstić information content (AvgIpc) is 1.54. The van der Waals surface area contributed by atoms with Crippen molar-refractivity contribution < 1.29 is 105 Å². The summed E-state index contributed by atoms with van der Waals surface area (Å²) in [4.78, 5) is 0. The van der Waals surface area contributed by atoms with Crippen molar-refractivity contribution >= 4 is 0 Å². The van der Waals surface area contributed by atoms with Crippen LogP contribution in [0, 0.1) is 128 Å². The summed E-state index contributed by atoms with van der Waals surface area (Å²) in [6.45, 7) is 58.3. The number of halogens is 23. The van der Waals surface area contributed by atoms with Crippen LogP contribution in [0.2, 0.25) is 0 Å². The van der Waals surface area contributed by atoms with Crippen LogP contribution in [-0.4, -0.2) is 61.5 Å². The van der Waals surface area contributed by atoms with Crippen molar-refractivity contribution in [2.45, 2.75) is 373 Å². The molecule has 0 aromatic heterocycles. The fraction of sp³-hybridized carbons (Fsp3) is 1.00. The molecule has 5 fully saturated rings. The number of alkyl halides is 23. The molecule has 0 aliphatic heterocycles. The molecule has 0 bridgehead atoms. The molecule has 5 aliphatic rings. The first-order chi connectivity index (χ1) is 45.4. The summed E-state index contributed by atoms with van der Waals surface area (Å²) < 4.78 is 304. The van der Waals surface area contributed by atoms with Gasteiger partial charge in [-0.3, -0.25) is 0 Å². The lowest BCUT2D eigenvalue weighted by Crippen LogP contribution is -2.47. The Bertz CT molecular complexity index is 2080. The Morgan fingerprint density at radius 3 is 0.743 bits per heavy atom. The summed E-state index contributed by atoms with van der Waals surface area (Å²) in [7, 11) is 0. The van der Waals surface area contributed by atoms with Gasteiger partial charge in [0.25, 0.3) is 0 Å². The SMILES string of the molecule is CC1C(C(F)(F)F)C(C)[C@@H](C)C1C(F)(F)F.CC1C(F)C(F)[C@@H](C)C1F.CC1CCC(C)C1C.CC1C[C@H](C)CC1C(F)(F)F.CCC(C)(C(F)(F)F)C(F)(F)F.CCC(C)(C)C.CCC(C)(C)C(F)(F)F.CCC(F)(F)C(C)C.CCCC(C)(C)C.[2H]C([2H])(C)C(C)(C)C.[2H]C1(C)C(C)CCC1C. The summed E-state index contributed by atoms with van der Waals surface area (Å²) >= 11 is 0. The van der Waals surface area contributed by atoms with Crippen LogP contribution in [0.5, 0.6) is 0 Å². The average molecular weight is 1520 g/mol. The van der Waals surface area contributed by atoms with Gasteiger partial charge in [0.15, 0.2) is 5.41 Å². The quantitative estimate of drug-likeness (QED) is 0.241. The van der Waals surface area contributed by atoms with Gasteiger partial charge >= 0.3 is 37.1 Å². The van der Waals surface area contributed by atoms with Gasteiger partial charge in [-0.25, -0.2) is 22.0 Å². The molecule has 101 heavy (non-hydrogen) atoms. The van der Waals surface area contributed by atoms with Crippen molar-refractivity contribution in [3.8, 4) is 0 Å². The molecular formula is C78H145F23. The molecule has 23 heteroatoms. The Hall–Kier alpha value is -1.61. The maximum Gasteiger partial charge on any atom is 0.402 e. The molecule has 0 saturated heterocycles. The van der Waals surface area contributed by atoms with Crippen molar-refractivity contribution in [2.24, 2.45) is 128 Å². The lowest BCUT2D eigenvalue weighted by Gasteiger charge is -2.32. The molecule has 0 amide bonds. The molecule has 5 rings (SSSR count). The van der Waals surface area contributed by atoms with E-state index in [9.17, 15) is 101 Å². The Balaban J connectivity index is -0.000000257. The first-order valence-electron chi connectivity index (χ1n) is 38.2. The van der Waals surface area contributed by atoms with Crippen LogP contribution in [0.4, 0.5) is 101 Å². The Morgan fingerprint density at radius 1 is 0.356 bits per heavy atom. The summed E-state index contributed by atoms with van der Waals surface area (Å²) in [6.07, 6.45) is -23.7. The topological polar surface area (TPSA) is 0 Å². The van der Waals surface area contributed by atoms with Crippen LogP contribution in [0.25, 0.3) is 0 Å². The smallest absolute Gasteiger partial charge is 0.247 e. The van der Waals surface area contributed by atoms with Gasteiger partial charge in [0.05, 0.1) is 23.2 Å². The standard InChI is InChI=1S/C10H14F6.C8H13F3.2C8H16.C7H11F3.C7H16.C6H8F6.C6H11F3.C6H12F2.2C6H14/c1-4-5(2)8(10(14,15)16)6(3)7(4)9(11,12)13;1-5-3-6(2)7(4-5)8(9,10)11;2*1-6-4-5-7(2)8(6)3;1-3-5(8)4(2)7(10)6(3)9;1-5-6-7(2,3)4;1-3-4(2,5(7,8)9)6(10,11)12;1-4-5(2,3)6(7,8)9;1-4-6(7,8)5(2)3;2*1-5-6(2,3)4/h4-8H,1-3H3;5-7H,3-4H2,1-2H3;2*6-8H,4-5H2,1-3H3;3-7H,1-2H3;5-6H2,1-4H3;3H2,1-2H3;4H2,1-3H3;5H,4H2,1-3H3;2*5H2,1-4H3/t4-,5?,6?,7?,8?;5-,6?,7?;;;3-,4?,5?,6?,7?;;;;;;/m10..0....../s1/i;;8D;;;;;;;5D2;. The second-order valence-electron chi connectivity index (χ2n) is 34.4. The van der Waals surface area contributed by atoms with Crippen molar-refractivity contribution in [1.82, 2.24) is 0 Å². The molecule has 0 N–H and O–H groups in total. The molecule has 0 nitrogen and oxygen atoms in total. The highest BCUT2D eigenvalue weighted by molar-refractivity contribution is 4.98. The van der Waals surface area contributed by atoms with Gasteiger partial charge in [-0.15, -0.1) is 0 Å². The zero-order chi connectivity index (χ0) is 85.5. The van der Waals surface area contributed by atoms with E-state index in [1.807, 2.05) is 27.7 Å². The molecule has 17 atom stereocenters. The second kappa shape index (κ2) is 45.4. The molecule has 0 spiro atoms. The fourth-order valence-electron chi connectivity index (χ4n) is 11.4. The van der Waals surface area contributed by atoms with E-state index in [1.165, 1.54) is 114 Å². The van der Waals surface area contributed by atoms with E-state index < -0.39 is 138 Å². The summed E-state index contributed by atoms with van der Waals surface area (Å²) in [5.41, 5.74) is -4.24. The lowest BCUT2D eigenvalue weighted by atomic mass is 9.86. The van der Waals surface area contributed by atoms with Crippen LogP contribution in [-0.2, 0) is 0 Å². The summed E-state index contributed by atoms with van der Waals surface area (Å²) in [6, 6.07) is 0. The van der Waals surface area contributed by atoms with Gasteiger partial charge < -0.3 is 0 Å². The monoisotopic (exact) mass is 1520 g/mol. The molecule has 0 aromatic carbocycles. The predicted octanol–water partition coefficient (Wildman–Crippen LogP) is 32.1. The zero-order valence-corrected chi connectivity index (χ0v) is 68.1. The van der Waals surface area contributed by atoms with Gasteiger partial charge in [-0.05, 0) is 120 Å². The minimum Gasteiger partial charge on any atom is -0.247 e. The molecule has 0 heterocycles. The van der Waals surface area contributed by atoms with E-state index in [4.69, 9.17) is 4.11 Å². The van der Waals surface area contributed by atoms with E-state index in [0.29, 0.717) is 29.1 Å². The van der Waals surface area contributed by atoms with Gasteiger partial charge in [0, 0.05) is 28.3 Å². The van der Waals surface area contributed by atoms with Gasteiger partial charge in [-0.1, -0.05) is 266 Å². The third-order valence-electron chi connectivity index (χ3n) is 21.9. The lowest BCUT2D eigenvalue weighted by molar-refractivity contribution is -0.335. The van der Waals surface area contributed by atoms with Crippen LogP contribution in [0.1, 0.15) is 316 Å². The number of rotatable bonds is 5. The normalized spacial score (nSPS) is 31.5. The largest absolute Gasteiger partial charge is 0.402 e. The predicted molar refractivity (Wildman–Crippen MR) is 375 cm³/mol. The summed E-state index contributed by atoms with van der Waals surface area (Å²) in [5, 5.41) is 0. The van der Waals surface area contributed by atoms with Crippen molar-refractivity contribution in [3.05, 3.63) is 0 Å². The Kier molecular flexibility index (Phi) is 46.5. The van der Waals surface area contributed by atoms with Crippen LogP contribution in [0.15, 0.2) is 0 Å². The van der Waals surface area contributed by atoms with E-state index in [1.54, 1.807) is 13.8 Å². The van der Waals surface area contributed by atoms with Gasteiger partial charge in [-0.2, -0.15) is 79.0 Å². The van der Waals surface area contributed by atoms with Crippen LogP contribution >= 0.6 is 0 Å². The highest BCUT2D eigenvalue weighted by atomic mass is 19.4. The third-order valence-corrected chi connectivity index (χ3v) is 21.9. The Morgan fingerprint density at radius 2 is 0.673 bits per heavy atom. The minimum absolute atomic E-state index is 0.0509. The molecular weight excluding hydrogens is 1370 g/mol. The van der Waals surface area contributed by atoms with E-state index >= 15 is 0 Å². The first-order valence-corrected chi connectivity index (χ1v) is 36.7. The van der Waals surface area contributed by atoms with Gasteiger partial charge in [0.1, 0.15) is 18.5 Å². The van der Waals surface area contributed by atoms with Crippen molar-refractivity contribution in [3.63, 3.8) is 0 Å². The fourth-order valence-corrected chi connectivity index (χ4v) is 11.4. The molecule has 14 unspecified atom stereocenters. The molecule has 5 saturated carbocycles. The van der Waals surface area contributed by atoms with Crippen molar-refractivity contribution in [2.75, 3.05) is 0 Å². The maximum absolute atomic E-state index is 12.7. The van der Waals surface area contributed by atoms with E-state index in [-0.39, 0.29) is 42.9 Å². The van der Waals surface area contributed by atoms with E-state index in [2.05, 4.69) is 96.9 Å². The first kappa shape index (κ1) is 104. The Labute approximate surface area is 604 Å². The van der Waals surface area contributed by atoms with E-state index in [0.717, 1.165) is 38.0 Å². The number of hydrogen-bond acceptors (Lipinski definition) is 0. The highest BCUT2D eigenvalue weighted by Crippen LogP contribution is 2.57. The number of hydrogen-bond donors (Lipinski definition) is 0. The van der Waals surface area contributed by atoms with Crippen LogP contribution in [0.3, 0.4) is 0 Å². The molecule has 0 aromatic rings. The van der Waals surface area contributed by atoms with Crippen molar-refractivity contribution in [1.29, 1.82) is 0 Å².